The number of sulfone groups is 1. The minimum absolute atomic E-state index is 0.0580. The molecule has 0 bridgehead atoms. The fraction of sp³-hybridized carbons (Fsp3) is 0.429. The van der Waals surface area contributed by atoms with E-state index in [2.05, 4.69) is 20.2 Å². The average molecular weight is 565 g/mol. The molecule has 0 spiro atoms. The predicted octanol–water partition coefficient (Wildman–Crippen LogP) is 4.05. The molecule has 2 aromatic heterocycles. The molecule has 6 rings (SSSR count). The Labute approximate surface area is 233 Å². The Morgan fingerprint density at radius 1 is 1.07 bits per heavy atom. The van der Waals surface area contributed by atoms with Gasteiger partial charge in [-0.3, -0.25) is 4.90 Å². The van der Waals surface area contributed by atoms with Crippen molar-refractivity contribution in [2.75, 3.05) is 34.8 Å². The summed E-state index contributed by atoms with van der Waals surface area (Å²) >= 11 is 0. The van der Waals surface area contributed by atoms with Crippen LogP contribution in [0.4, 0.5) is 27.8 Å². The molecular formula is C28H32N6O5S. The Morgan fingerprint density at radius 3 is 2.67 bits per heavy atom. The van der Waals surface area contributed by atoms with Crippen molar-refractivity contribution < 1.29 is 22.7 Å². The Hall–Kier alpha value is -3.93. The highest BCUT2D eigenvalue weighted by Crippen LogP contribution is 2.40. The van der Waals surface area contributed by atoms with E-state index in [1.54, 1.807) is 11.1 Å². The fourth-order valence-electron chi connectivity index (χ4n) is 5.35. The summed E-state index contributed by atoms with van der Waals surface area (Å²) in [6, 6.07) is 5.56. The summed E-state index contributed by atoms with van der Waals surface area (Å²) in [7, 11) is -3.07. The number of nitrogens with zero attached hydrogens (tertiary/aromatic N) is 5. The number of rotatable bonds is 3. The summed E-state index contributed by atoms with van der Waals surface area (Å²) < 4.78 is 35.4. The molecule has 0 atom stereocenters. The second-order valence-corrected chi connectivity index (χ2v) is 13.4. The summed E-state index contributed by atoms with van der Waals surface area (Å²) in [4.78, 5) is 30.7. The number of amides is 1. The summed E-state index contributed by atoms with van der Waals surface area (Å²) in [5, 5.41) is 3.23. The van der Waals surface area contributed by atoms with Crippen LogP contribution in [0.1, 0.15) is 48.7 Å². The maximum atomic E-state index is 13.0. The molecular weight excluding hydrogens is 532 g/mol. The Kier molecular flexibility index (Phi) is 6.32. The van der Waals surface area contributed by atoms with E-state index in [4.69, 9.17) is 14.5 Å². The lowest BCUT2D eigenvalue weighted by atomic mass is 10.0. The van der Waals surface area contributed by atoms with E-state index in [-0.39, 0.29) is 11.5 Å². The zero-order chi connectivity index (χ0) is 28.2. The maximum Gasteiger partial charge on any atom is 0.415 e. The molecule has 1 aromatic carbocycles. The second kappa shape index (κ2) is 9.61. The molecule has 0 aliphatic carbocycles. The molecule has 0 saturated carbocycles. The van der Waals surface area contributed by atoms with Gasteiger partial charge in [-0.05, 0) is 62.9 Å². The van der Waals surface area contributed by atoms with E-state index >= 15 is 0 Å². The molecule has 0 fully saturated rings. The van der Waals surface area contributed by atoms with Crippen LogP contribution in [0.25, 0.3) is 0 Å². The molecule has 12 heteroatoms. The lowest BCUT2D eigenvalue weighted by Gasteiger charge is -2.35. The van der Waals surface area contributed by atoms with Gasteiger partial charge in [0.05, 0.1) is 42.2 Å². The van der Waals surface area contributed by atoms with Crippen molar-refractivity contribution in [2.24, 2.45) is 0 Å². The van der Waals surface area contributed by atoms with Crippen LogP contribution in [0.2, 0.25) is 0 Å². The lowest BCUT2D eigenvalue weighted by Crippen LogP contribution is -2.42. The maximum absolute atomic E-state index is 13.0. The summed E-state index contributed by atoms with van der Waals surface area (Å²) in [5.74, 6) is 1.02. The molecule has 40 heavy (non-hydrogen) atoms. The smallest absolute Gasteiger partial charge is 0.415 e. The third kappa shape index (κ3) is 5.15. The van der Waals surface area contributed by atoms with Crippen molar-refractivity contribution in [3.8, 4) is 5.88 Å². The van der Waals surface area contributed by atoms with E-state index in [9.17, 15) is 13.2 Å². The van der Waals surface area contributed by atoms with E-state index in [1.165, 1.54) is 0 Å². The highest BCUT2D eigenvalue weighted by molar-refractivity contribution is 7.90. The number of nitrogens with one attached hydrogen (secondary N) is 1. The number of ether oxygens (including phenoxy) is 2. The molecule has 0 radical (unpaired) electrons. The van der Waals surface area contributed by atoms with E-state index < -0.39 is 21.5 Å². The summed E-state index contributed by atoms with van der Waals surface area (Å²) in [5.41, 5.74) is 6.18. The first-order valence-corrected chi connectivity index (χ1v) is 15.1. The van der Waals surface area contributed by atoms with E-state index in [0.717, 1.165) is 52.3 Å². The van der Waals surface area contributed by atoms with Crippen LogP contribution >= 0.6 is 0 Å². The van der Waals surface area contributed by atoms with Crippen molar-refractivity contribution >= 4 is 38.9 Å². The molecule has 3 aliphatic heterocycles. The van der Waals surface area contributed by atoms with E-state index in [1.807, 2.05) is 52.1 Å². The van der Waals surface area contributed by atoms with Gasteiger partial charge in [-0.2, -0.15) is 0 Å². The fourth-order valence-corrected chi connectivity index (χ4v) is 6.95. The van der Waals surface area contributed by atoms with Gasteiger partial charge in [0.25, 0.3) is 0 Å². The van der Waals surface area contributed by atoms with Crippen molar-refractivity contribution in [3.05, 3.63) is 58.5 Å². The standard InChI is InChI=1S/C28H32N6O5S/c1-17-23(13-29-25-24(17)34(9-10-38-25)27(35)39-28(2,3)4)33-8-7-18-12-30-26(32-22(18)14-33)31-21-6-5-19-15-40(36,37)16-20(19)11-21/h5-6,11-13H,7-10,14-16H2,1-4H3,(H,30,31,32). The van der Waals surface area contributed by atoms with Gasteiger partial charge in [0, 0.05) is 24.0 Å². The molecule has 5 heterocycles. The van der Waals surface area contributed by atoms with Gasteiger partial charge in [-0.25, -0.2) is 28.2 Å². The monoisotopic (exact) mass is 564 g/mol. The zero-order valence-corrected chi connectivity index (χ0v) is 23.8. The minimum Gasteiger partial charge on any atom is -0.474 e. The van der Waals surface area contributed by atoms with Gasteiger partial charge < -0.3 is 19.7 Å². The first-order chi connectivity index (χ1) is 19.0. The van der Waals surface area contributed by atoms with E-state index in [0.29, 0.717) is 37.2 Å². The van der Waals surface area contributed by atoms with Crippen LogP contribution < -0.4 is 19.9 Å². The Morgan fingerprint density at radius 2 is 1.88 bits per heavy atom. The van der Waals surface area contributed by atoms with Crippen LogP contribution in [-0.2, 0) is 39.0 Å². The minimum atomic E-state index is -3.07. The van der Waals surface area contributed by atoms with Crippen molar-refractivity contribution in [1.82, 2.24) is 15.0 Å². The molecule has 0 unspecified atom stereocenters. The molecule has 0 saturated heterocycles. The van der Waals surface area contributed by atoms with Gasteiger partial charge >= 0.3 is 6.09 Å². The Balaban J connectivity index is 1.24. The molecule has 3 aromatic rings. The quantitative estimate of drug-likeness (QED) is 0.498. The number of benzene rings is 1. The summed E-state index contributed by atoms with van der Waals surface area (Å²) in [6.07, 6.45) is 3.97. The van der Waals surface area contributed by atoms with Crippen LogP contribution in [-0.4, -0.2) is 54.8 Å². The zero-order valence-electron chi connectivity index (χ0n) is 23.0. The van der Waals surface area contributed by atoms with Gasteiger partial charge in [-0.15, -0.1) is 0 Å². The number of anilines is 4. The number of carbonyl (C=O) groups excluding carboxylic acids is 1. The molecule has 11 nitrogen and oxygen atoms in total. The van der Waals surface area contributed by atoms with Crippen LogP contribution in [0.15, 0.2) is 30.6 Å². The third-order valence-electron chi connectivity index (χ3n) is 7.18. The lowest BCUT2D eigenvalue weighted by molar-refractivity contribution is 0.0566. The van der Waals surface area contributed by atoms with Crippen LogP contribution in [0.3, 0.4) is 0 Å². The third-order valence-corrected chi connectivity index (χ3v) is 8.69. The van der Waals surface area contributed by atoms with Crippen molar-refractivity contribution in [2.45, 2.75) is 57.8 Å². The molecule has 210 valence electrons. The Bertz CT molecular complexity index is 1620. The molecule has 1 N–H and O–H groups in total. The number of hydrogen-bond acceptors (Lipinski definition) is 10. The number of hydrogen-bond donors (Lipinski definition) is 1. The topological polar surface area (TPSA) is 127 Å². The number of fused-ring (bicyclic) bond motifs is 3. The predicted molar refractivity (Wildman–Crippen MR) is 151 cm³/mol. The first-order valence-electron chi connectivity index (χ1n) is 13.3. The van der Waals surface area contributed by atoms with Gasteiger partial charge in [0.2, 0.25) is 11.8 Å². The molecule has 3 aliphatic rings. The molecule has 1 amide bonds. The normalized spacial score (nSPS) is 17.4. The largest absolute Gasteiger partial charge is 0.474 e. The number of aromatic nitrogens is 3. The SMILES string of the molecule is Cc1c(N2CCc3cnc(Nc4ccc5c(c4)CS(=O)(=O)C5)nc3C2)cnc2c1N(C(=O)OC(C)(C)C)CCO2. The van der Waals surface area contributed by atoms with Gasteiger partial charge in [-0.1, -0.05) is 6.07 Å². The number of carbonyl (C=O) groups is 1. The van der Waals surface area contributed by atoms with Gasteiger partial charge in [0.1, 0.15) is 17.9 Å². The van der Waals surface area contributed by atoms with Crippen molar-refractivity contribution in [1.29, 1.82) is 0 Å². The van der Waals surface area contributed by atoms with Crippen molar-refractivity contribution in [3.63, 3.8) is 0 Å². The number of pyridine rings is 1. The second-order valence-electron chi connectivity index (χ2n) is 11.4. The highest BCUT2D eigenvalue weighted by Gasteiger charge is 2.33. The highest BCUT2D eigenvalue weighted by atomic mass is 32.2. The first kappa shape index (κ1) is 26.3. The van der Waals surface area contributed by atoms with Gasteiger partial charge in [0.15, 0.2) is 9.84 Å². The summed E-state index contributed by atoms with van der Waals surface area (Å²) in [6.45, 7) is 9.53. The van der Waals surface area contributed by atoms with Crippen LogP contribution in [0.5, 0.6) is 5.88 Å². The average Bonchev–Trinajstić information content (AvgIpc) is 3.20. The van der Waals surface area contributed by atoms with Crippen LogP contribution in [0, 0.1) is 6.92 Å².